The molecule has 0 aliphatic carbocycles. The summed E-state index contributed by atoms with van der Waals surface area (Å²) in [7, 11) is 0. The van der Waals surface area contributed by atoms with Crippen molar-refractivity contribution in [1.29, 1.82) is 0 Å². The molecule has 2 aromatic heterocycles. The van der Waals surface area contributed by atoms with Crippen molar-refractivity contribution < 1.29 is 48.6 Å². The summed E-state index contributed by atoms with van der Waals surface area (Å²) in [5, 5.41) is 5.64. The van der Waals surface area contributed by atoms with Crippen LogP contribution in [0.1, 0.15) is 34.0 Å². The van der Waals surface area contributed by atoms with Crippen molar-refractivity contribution in [1.82, 2.24) is 20.6 Å². The summed E-state index contributed by atoms with van der Waals surface area (Å²) in [6.07, 6.45) is 8.56. The number of hydrogen-bond donors (Lipinski definition) is 2. The van der Waals surface area contributed by atoms with Gasteiger partial charge >= 0.3 is 0 Å². The van der Waals surface area contributed by atoms with Crippen molar-refractivity contribution >= 4 is 11.8 Å². The van der Waals surface area contributed by atoms with E-state index >= 15 is 0 Å². The van der Waals surface area contributed by atoms with Crippen LogP contribution >= 0.6 is 0 Å². The predicted octanol–water partition coefficient (Wildman–Crippen LogP) is 1.51. The molecule has 0 saturated carbocycles. The Morgan fingerprint density at radius 1 is 0.610 bits per heavy atom. The number of benzene rings is 2. The van der Waals surface area contributed by atoms with Gasteiger partial charge in [0.05, 0.1) is 0 Å². The van der Waals surface area contributed by atoms with E-state index in [0.717, 1.165) is 19.4 Å². The Morgan fingerprint density at radius 2 is 1.00 bits per heavy atom. The van der Waals surface area contributed by atoms with E-state index in [-0.39, 0.29) is 50.8 Å². The van der Waals surface area contributed by atoms with Crippen LogP contribution in [0.15, 0.2) is 110 Å². The first kappa shape index (κ1) is 44.1. The number of aryl methyl sites for hydroxylation is 1. The van der Waals surface area contributed by atoms with Crippen LogP contribution in [0.4, 0.5) is 0 Å². The fraction of sp³-hybridized carbons (Fsp3) is 0.200. The van der Waals surface area contributed by atoms with Crippen LogP contribution in [0.2, 0.25) is 0 Å². The van der Waals surface area contributed by atoms with Gasteiger partial charge in [0.2, 0.25) is 5.91 Å². The number of hydrogen-bond acceptors (Lipinski definition) is 4. The van der Waals surface area contributed by atoms with E-state index in [4.69, 9.17) is 0 Å². The zero-order valence-corrected chi connectivity index (χ0v) is 24.2. The molecule has 2 amide bonds. The van der Waals surface area contributed by atoms with E-state index in [1.807, 2.05) is 55.5 Å². The quantitative estimate of drug-likeness (QED) is 0.295. The van der Waals surface area contributed by atoms with Gasteiger partial charge in [-0.25, -0.2) is 0 Å². The molecule has 0 aliphatic heterocycles. The second-order valence-corrected chi connectivity index (χ2v) is 7.97. The molecule has 0 atom stereocenters. The van der Waals surface area contributed by atoms with Crippen LogP contribution < -0.4 is 10.6 Å². The van der Waals surface area contributed by atoms with Gasteiger partial charge in [0.25, 0.3) is 5.91 Å². The first-order valence-corrected chi connectivity index (χ1v) is 11.9. The van der Waals surface area contributed by atoms with Gasteiger partial charge in [-0.05, 0) is 60.7 Å². The van der Waals surface area contributed by atoms with Crippen molar-refractivity contribution in [3.63, 3.8) is 0 Å². The molecule has 11 heteroatoms. The number of amides is 2. The van der Waals surface area contributed by atoms with E-state index in [1.165, 1.54) is 23.6 Å². The van der Waals surface area contributed by atoms with Gasteiger partial charge in [0, 0.05) is 67.4 Å². The third-order valence-corrected chi connectivity index (χ3v) is 4.96. The average molecular weight is 618 g/mol. The number of aromatic nitrogens is 2. The number of nitrogens with zero attached hydrogens (tertiary/aromatic N) is 2. The molecule has 10 N–H and O–H groups in total. The van der Waals surface area contributed by atoms with E-state index in [0.29, 0.717) is 12.1 Å². The topological polar surface area (TPSA) is 210 Å². The summed E-state index contributed by atoms with van der Waals surface area (Å²) >= 11 is 0. The SMILES string of the molecule is CC(=O)NCCc1ccccc1.Cc1ccncc1.O.O.O.O.O=C(NCCc1ccccc1)c1ccncc1.[Cu]. The smallest absolute Gasteiger partial charge is 0.251 e. The monoisotopic (exact) mass is 617 g/mol. The Hall–Kier alpha value is -3.96. The van der Waals surface area contributed by atoms with Crippen molar-refractivity contribution in [3.8, 4) is 0 Å². The second-order valence-electron chi connectivity index (χ2n) is 7.97. The molecule has 4 aromatic rings. The van der Waals surface area contributed by atoms with Gasteiger partial charge in [-0.15, -0.1) is 0 Å². The first-order valence-electron chi connectivity index (χ1n) is 11.9. The number of carbonyl (C=O) groups excluding carboxylic acids is 2. The second kappa shape index (κ2) is 27.6. The van der Waals surface area contributed by atoms with Crippen LogP contribution in [0, 0.1) is 6.92 Å². The number of pyridine rings is 2. The zero-order valence-electron chi connectivity index (χ0n) is 23.2. The Balaban J connectivity index is -0.000000253. The maximum atomic E-state index is 11.7. The molecule has 0 spiro atoms. The van der Waals surface area contributed by atoms with Crippen molar-refractivity contribution in [2.45, 2.75) is 26.7 Å². The van der Waals surface area contributed by atoms with Gasteiger partial charge in [0.15, 0.2) is 0 Å². The van der Waals surface area contributed by atoms with E-state index in [9.17, 15) is 9.59 Å². The number of nitrogens with one attached hydrogen (secondary N) is 2. The Kier molecular flexibility index (Phi) is 29.7. The van der Waals surface area contributed by atoms with Gasteiger partial charge in [-0.2, -0.15) is 0 Å². The van der Waals surface area contributed by atoms with Crippen LogP contribution in [0.5, 0.6) is 0 Å². The van der Waals surface area contributed by atoms with Crippen molar-refractivity contribution in [3.05, 3.63) is 132 Å². The maximum absolute atomic E-state index is 11.7. The Morgan fingerprint density at radius 3 is 1.37 bits per heavy atom. The predicted molar refractivity (Wildman–Crippen MR) is 159 cm³/mol. The first-order chi connectivity index (χ1) is 17.5. The fourth-order valence-corrected chi connectivity index (χ4v) is 3.02. The molecule has 0 unspecified atom stereocenters. The summed E-state index contributed by atoms with van der Waals surface area (Å²) in [6.45, 7) is 4.94. The van der Waals surface area contributed by atoms with Crippen LogP contribution in [-0.4, -0.2) is 56.8 Å². The molecule has 0 aliphatic rings. The number of carbonyl (C=O) groups is 2. The van der Waals surface area contributed by atoms with Gasteiger partial charge in [0.1, 0.15) is 0 Å². The van der Waals surface area contributed by atoms with Crippen LogP contribution in [0.3, 0.4) is 0 Å². The summed E-state index contributed by atoms with van der Waals surface area (Å²) in [6, 6.07) is 27.6. The summed E-state index contributed by atoms with van der Waals surface area (Å²) in [5.74, 6) is -0.0192. The molecule has 0 bridgehead atoms. The minimum Gasteiger partial charge on any atom is -0.412 e. The summed E-state index contributed by atoms with van der Waals surface area (Å²) in [4.78, 5) is 29.9. The van der Waals surface area contributed by atoms with Gasteiger partial charge in [-0.3, -0.25) is 19.6 Å². The molecule has 4 rings (SSSR count). The normalized spacial score (nSPS) is 8.34. The molecule has 41 heavy (non-hydrogen) atoms. The summed E-state index contributed by atoms with van der Waals surface area (Å²) in [5.41, 5.74) is 4.39. The minimum absolute atomic E-state index is 0. The molecular weight excluding hydrogens is 576 g/mol. The molecule has 2 heterocycles. The van der Waals surface area contributed by atoms with Crippen molar-refractivity contribution in [2.75, 3.05) is 13.1 Å². The molecule has 2 aromatic carbocycles. The fourth-order valence-electron chi connectivity index (χ4n) is 3.02. The largest absolute Gasteiger partial charge is 0.412 e. The average Bonchev–Trinajstić information content (AvgIpc) is 2.91. The third kappa shape index (κ3) is 21.5. The Labute approximate surface area is 252 Å². The summed E-state index contributed by atoms with van der Waals surface area (Å²) < 4.78 is 0. The van der Waals surface area contributed by atoms with Crippen LogP contribution in [-0.2, 0) is 34.7 Å². The molecule has 1 radical (unpaired) electrons. The molecule has 229 valence electrons. The van der Waals surface area contributed by atoms with Crippen molar-refractivity contribution in [2.24, 2.45) is 0 Å². The Bertz CT molecular complexity index is 1140. The molecule has 0 saturated heterocycles. The van der Waals surface area contributed by atoms with Crippen LogP contribution in [0.25, 0.3) is 0 Å². The third-order valence-electron chi connectivity index (χ3n) is 4.96. The zero-order chi connectivity index (χ0) is 25.8. The molecule has 0 fully saturated rings. The molecule has 10 nitrogen and oxygen atoms in total. The van der Waals surface area contributed by atoms with E-state index in [1.54, 1.807) is 36.9 Å². The standard InChI is InChI=1S/C14H14N2O.C10H13NO.C6H7N.Cu.4H2O/c17-14(13-7-9-15-10-8-13)16-11-6-12-4-2-1-3-5-12;1-9(12)11-8-7-10-5-3-2-4-6-10;1-6-2-4-7-5-3-6;;;;;/h1-5,7-10H,6,11H2,(H,16,17);2-6H,7-8H2,1H3,(H,11,12);2-5H,1H3;;4*1H2. The number of rotatable bonds is 7. The van der Waals surface area contributed by atoms with E-state index in [2.05, 4.69) is 44.9 Å². The molecular formula is C30H42CuN4O6. The van der Waals surface area contributed by atoms with Gasteiger partial charge in [-0.1, -0.05) is 60.7 Å². The maximum Gasteiger partial charge on any atom is 0.251 e. The van der Waals surface area contributed by atoms with Gasteiger partial charge < -0.3 is 32.5 Å². The van der Waals surface area contributed by atoms with E-state index < -0.39 is 0 Å². The minimum atomic E-state index is -0.0525.